The molecule has 0 spiro atoms. The van der Waals surface area contributed by atoms with E-state index in [-0.39, 0.29) is 17.0 Å². The van der Waals surface area contributed by atoms with Gasteiger partial charge in [-0.15, -0.1) is 11.6 Å². The minimum atomic E-state index is -0.625. The molecular weight excluding hydrogens is 246 g/mol. The Kier molecular flexibility index (Phi) is 3.38. The first-order valence-electron chi connectivity index (χ1n) is 5.20. The van der Waals surface area contributed by atoms with Crippen molar-refractivity contribution in [1.82, 2.24) is 4.90 Å². The number of hydrogen-bond acceptors (Lipinski definition) is 4. The standard InChI is InChI=1S/C11H12ClNO4/c1-16-11(15)8-5-7(12)6-13(8)10(14)9-3-2-4-17-9/h2-4,7-8H,5-6H2,1H3/t7-,8+/m0/s1. The maximum Gasteiger partial charge on any atom is 0.328 e. The summed E-state index contributed by atoms with van der Waals surface area (Å²) >= 11 is 5.98. The van der Waals surface area contributed by atoms with Gasteiger partial charge in [-0.25, -0.2) is 4.79 Å². The normalized spacial score (nSPS) is 23.8. The molecular formula is C11H12ClNO4. The van der Waals surface area contributed by atoms with Crippen LogP contribution in [0.1, 0.15) is 17.0 Å². The molecule has 1 fully saturated rings. The average Bonchev–Trinajstić information content (AvgIpc) is 2.95. The summed E-state index contributed by atoms with van der Waals surface area (Å²) in [7, 11) is 1.29. The van der Waals surface area contributed by atoms with E-state index in [1.807, 2.05) is 0 Å². The average molecular weight is 258 g/mol. The molecule has 2 atom stereocenters. The maximum atomic E-state index is 12.1. The van der Waals surface area contributed by atoms with E-state index in [9.17, 15) is 9.59 Å². The van der Waals surface area contributed by atoms with Crippen LogP contribution < -0.4 is 0 Å². The quantitative estimate of drug-likeness (QED) is 0.591. The molecule has 1 aromatic heterocycles. The van der Waals surface area contributed by atoms with Gasteiger partial charge in [-0.1, -0.05) is 0 Å². The molecule has 2 heterocycles. The van der Waals surface area contributed by atoms with Gasteiger partial charge in [0.05, 0.1) is 18.8 Å². The summed E-state index contributed by atoms with van der Waals surface area (Å²) in [5.74, 6) is -0.591. The van der Waals surface area contributed by atoms with Crippen molar-refractivity contribution in [3.63, 3.8) is 0 Å². The lowest BCUT2D eigenvalue weighted by molar-refractivity contribution is -0.145. The molecule has 2 rings (SSSR count). The van der Waals surface area contributed by atoms with Crippen molar-refractivity contribution < 1.29 is 18.7 Å². The van der Waals surface area contributed by atoms with Gasteiger partial charge in [-0.3, -0.25) is 4.79 Å². The van der Waals surface area contributed by atoms with Gasteiger partial charge >= 0.3 is 5.97 Å². The van der Waals surface area contributed by atoms with Crippen LogP contribution >= 0.6 is 11.6 Å². The number of esters is 1. The highest BCUT2D eigenvalue weighted by atomic mass is 35.5. The van der Waals surface area contributed by atoms with Crippen molar-refractivity contribution in [3.8, 4) is 0 Å². The number of hydrogen-bond donors (Lipinski definition) is 0. The summed E-state index contributed by atoms with van der Waals surface area (Å²) < 4.78 is 9.68. The number of amides is 1. The number of carbonyl (C=O) groups is 2. The van der Waals surface area contributed by atoms with Crippen molar-refractivity contribution in [2.24, 2.45) is 0 Å². The van der Waals surface area contributed by atoms with Crippen molar-refractivity contribution in [2.75, 3.05) is 13.7 Å². The van der Waals surface area contributed by atoms with Gasteiger partial charge in [-0.05, 0) is 18.6 Å². The topological polar surface area (TPSA) is 59.8 Å². The number of likely N-dealkylation sites (tertiary alicyclic amines) is 1. The molecule has 0 aromatic carbocycles. The Balaban J connectivity index is 2.18. The third-order valence-corrected chi connectivity index (χ3v) is 3.03. The van der Waals surface area contributed by atoms with Crippen LogP contribution in [0.3, 0.4) is 0 Å². The third-order valence-electron chi connectivity index (χ3n) is 2.72. The first-order chi connectivity index (χ1) is 8.13. The summed E-state index contributed by atoms with van der Waals surface area (Å²) in [6.07, 6.45) is 1.81. The minimum Gasteiger partial charge on any atom is -0.467 e. The zero-order valence-corrected chi connectivity index (χ0v) is 10.0. The molecule has 0 bridgehead atoms. The summed E-state index contributed by atoms with van der Waals surface area (Å²) in [5, 5.41) is -0.238. The SMILES string of the molecule is COC(=O)[C@H]1C[C@H](Cl)CN1C(=O)c1ccco1. The summed E-state index contributed by atoms with van der Waals surface area (Å²) in [6, 6.07) is 2.55. The van der Waals surface area contributed by atoms with Gasteiger partial charge in [0.25, 0.3) is 5.91 Å². The fourth-order valence-corrected chi connectivity index (χ4v) is 2.23. The molecule has 0 radical (unpaired) electrons. The first-order valence-corrected chi connectivity index (χ1v) is 5.63. The number of alkyl halides is 1. The number of halogens is 1. The number of furan rings is 1. The molecule has 17 heavy (non-hydrogen) atoms. The van der Waals surface area contributed by atoms with Crippen molar-refractivity contribution >= 4 is 23.5 Å². The van der Waals surface area contributed by atoms with Crippen LogP contribution in [-0.2, 0) is 9.53 Å². The van der Waals surface area contributed by atoms with Gasteiger partial charge in [0, 0.05) is 6.54 Å². The zero-order chi connectivity index (χ0) is 12.4. The molecule has 1 saturated heterocycles. The van der Waals surface area contributed by atoms with E-state index in [1.165, 1.54) is 18.3 Å². The number of ether oxygens (including phenoxy) is 1. The molecule has 1 aliphatic heterocycles. The maximum absolute atomic E-state index is 12.1. The number of rotatable bonds is 2. The van der Waals surface area contributed by atoms with E-state index < -0.39 is 12.0 Å². The second-order valence-electron chi connectivity index (χ2n) is 3.81. The van der Waals surface area contributed by atoms with Gasteiger partial charge < -0.3 is 14.1 Å². The van der Waals surface area contributed by atoms with E-state index in [0.29, 0.717) is 13.0 Å². The Bertz CT molecular complexity index is 417. The minimum absolute atomic E-state index is 0.199. The predicted octanol–water partition coefficient (Wildman–Crippen LogP) is 1.27. The van der Waals surface area contributed by atoms with Crippen LogP contribution in [0, 0.1) is 0 Å². The fourth-order valence-electron chi connectivity index (χ4n) is 1.91. The molecule has 1 aliphatic rings. The van der Waals surface area contributed by atoms with Crippen LogP contribution in [0.4, 0.5) is 0 Å². The summed E-state index contributed by atoms with van der Waals surface area (Å²) in [6.45, 7) is 0.320. The lowest BCUT2D eigenvalue weighted by atomic mass is 10.2. The second-order valence-corrected chi connectivity index (χ2v) is 4.42. The number of methoxy groups -OCH3 is 1. The number of carbonyl (C=O) groups excluding carboxylic acids is 2. The Morgan fingerprint density at radius 1 is 1.59 bits per heavy atom. The van der Waals surface area contributed by atoms with Crippen LogP contribution in [0.5, 0.6) is 0 Å². The molecule has 0 aliphatic carbocycles. The van der Waals surface area contributed by atoms with Gasteiger partial charge in [-0.2, -0.15) is 0 Å². The smallest absolute Gasteiger partial charge is 0.328 e. The monoisotopic (exact) mass is 257 g/mol. The first kappa shape index (κ1) is 12.0. The van der Waals surface area contributed by atoms with E-state index in [1.54, 1.807) is 12.1 Å². The summed E-state index contributed by atoms with van der Waals surface area (Å²) in [5.41, 5.74) is 0. The third kappa shape index (κ3) is 2.29. The van der Waals surface area contributed by atoms with E-state index in [2.05, 4.69) is 4.74 Å². The van der Waals surface area contributed by atoms with Crippen molar-refractivity contribution in [1.29, 1.82) is 0 Å². The van der Waals surface area contributed by atoms with Crippen LogP contribution in [-0.4, -0.2) is 41.8 Å². The molecule has 1 aromatic rings. The van der Waals surface area contributed by atoms with Crippen LogP contribution in [0.25, 0.3) is 0 Å². The molecule has 0 unspecified atom stereocenters. The second kappa shape index (κ2) is 4.79. The Labute approximate surface area is 103 Å². The fraction of sp³-hybridized carbons (Fsp3) is 0.455. The van der Waals surface area contributed by atoms with E-state index in [0.717, 1.165) is 0 Å². The molecule has 5 nitrogen and oxygen atoms in total. The lowest BCUT2D eigenvalue weighted by Gasteiger charge is -2.21. The molecule has 0 saturated carbocycles. The number of nitrogens with zero attached hydrogens (tertiary/aromatic N) is 1. The molecule has 92 valence electrons. The zero-order valence-electron chi connectivity index (χ0n) is 9.26. The van der Waals surface area contributed by atoms with Gasteiger partial charge in [0.1, 0.15) is 6.04 Å². The molecule has 6 heteroatoms. The Hall–Kier alpha value is -1.49. The Morgan fingerprint density at radius 3 is 2.94 bits per heavy atom. The predicted molar refractivity (Wildman–Crippen MR) is 59.8 cm³/mol. The largest absolute Gasteiger partial charge is 0.467 e. The highest BCUT2D eigenvalue weighted by Crippen LogP contribution is 2.25. The van der Waals surface area contributed by atoms with Crippen molar-refractivity contribution in [2.45, 2.75) is 17.8 Å². The lowest BCUT2D eigenvalue weighted by Crippen LogP contribution is -2.41. The molecule has 1 amide bonds. The van der Waals surface area contributed by atoms with Gasteiger partial charge in [0.2, 0.25) is 0 Å². The van der Waals surface area contributed by atoms with Crippen LogP contribution in [0.15, 0.2) is 22.8 Å². The van der Waals surface area contributed by atoms with E-state index >= 15 is 0 Å². The summed E-state index contributed by atoms with van der Waals surface area (Å²) in [4.78, 5) is 25.0. The van der Waals surface area contributed by atoms with Gasteiger partial charge in [0.15, 0.2) is 5.76 Å². The highest BCUT2D eigenvalue weighted by Gasteiger charge is 2.40. The van der Waals surface area contributed by atoms with Crippen molar-refractivity contribution in [3.05, 3.63) is 24.2 Å². The Morgan fingerprint density at radius 2 is 2.35 bits per heavy atom. The molecule has 0 N–H and O–H groups in total. The highest BCUT2D eigenvalue weighted by molar-refractivity contribution is 6.21. The van der Waals surface area contributed by atoms with E-state index in [4.69, 9.17) is 16.0 Å². The van der Waals surface area contributed by atoms with Crippen LogP contribution in [0.2, 0.25) is 0 Å².